The van der Waals surface area contributed by atoms with Crippen LogP contribution in [0.1, 0.15) is 53.5 Å². The average Bonchev–Trinajstić information content (AvgIpc) is 2.69. The van der Waals surface area contributed by atoms with Crippen molar-refractivity contribution in [2.75, 3.05) is 21.0 Å². The largest absolute Gasteiger partial charge is 0.507 e. The van der Waals surface area contributed by atoms with Gasteiger partial charge < -0.3 is 29.2 Å². The van der Waals surface area contributed by atoms with Gasteiger partial charge in [-0.05, 0) is 36.6 Å². The molecule has 0 bridgehead atoms. The lowest BCUT2D eigenvalue weighted by atomic mass is 9.87. The normalized spacial score (nSPS) is 11.0. The molecule has 0 radical (unpaired) electrons. The van der Waals surface area contributed by atoms with Crippen LogP contribution in [0.3, 0.4) is 0 Å². The van der Waals surface area contributed by atoms with E-state index in [2.05, 4.69) is 0 Å². The van der Waals surface area contributed by atoms with Gasteiger partial charge in [0.1, 0.15) is 17.1 Å². The maximum Gasteiger partial charge on any atom is 0.339 e. The van der Waals surface area contributed by atoms with Crippen LogP contribution in [0.5, 0.6) is 28.7 Å². The number of carbonyl (C=O) groups is 2. The first-order valence-corrected chi connectivity index (χ1v) is 9.59. The summed E-state index contributed by atoms with van der Waals surface area (Å²) >= 11 is 0. The van der Waals surface area contributed by atoms with E-state index in [1.807, 2.05) is 20.8 Å². The van der Waals surface area contributed by atoms with Gasteiger partial charge in [0, 0.05) is 12.0 Å². The zero-order chi connectivity index (χ0) is 23.3. The van der Waals surface area contributed by atoms with Crippen LogP contribution in [0.15, 0.2) is 24.3 Å². The number of benzene rings is 2. The maximum absolute atomic E-state index is 12.5. The molecule has 8 nitrogen and oxygen atoms in total. The van der Waals surface area contributed by atoms with Crippen LogP contribution in [-0.2, 0) is 0 Å². The highest BCUT2D eigenvalue weighted by molar-refractivity contribution is 5.99. The van der Waals surface area contributed by atoms with Gasteiger partial charge in [0.15, 0.2) is 17.3 Å². The number of rotatable bonds is 9. The van der Waals surface area contributed by atoms with Gasteiger partial charge in [-0.3, -0.25) is 4.79 Å². The molecule has 2 aromatic rings. The number of ketones is 1. The Morgan fingerprint density at radius 1 is 0.903 bits per heavy atom. The highest BCUT2D eigenvalue weighted by Gasteiger charge is 2.23. The predicted molar refractivity (Wildman–Crippen MR) is 114 cm³/mol. The predicted octanol–water partition coefficient (Wildman–Crippen LogP) is 4.45. The Balaban J connectivity index is 2.22. The zero-order valence-corrected chi connectivity index (χ0v) is 18.6. The van der Waals surface area contributed by atoms with Crippen LogP contribution in [-0.4, -0.2) is 43.0 Å². The highest BCUT2D eigenvalue weighted by Crippen LogP contribution is 2.40. The van der Waals surface area contributed by atoms with E-state index in [0.717, 1.165) is 0 Å². The SMILES string of the molecule is COc1ccc(C(=O)O)c(OC)c1OCOc1ccc(C(=O)CC(C)(C)C)c(O)c1C. The highest BCUT2D eigenvalue weighted by atomic mass is 16.7. The quantitative estimate of drug-likeness (QED) is 0.442. The van der Waals surface area contributed by atoms with Crippen LogP contribution in [0, 0.1) is 12.3 Å². The van der Waals surface area contributed by atoms with Gasteiger partial charge in [-0.1, -0.05) is 20.8 Å². The summed E-state index contributed by atoms with van der Waals surface area (Å²) in [5.74, 6) is -0.820. The first-order valence-electron chi connectivity index (χ1n) is 9.59. The second-order valence-electron chi connectivity index (χ2n) is 8.13. The van der Waals surface area contributed by atoms with E-state index in [-0.39, 0.29) is 52.1 Å². The summed E-state index contributed by atoms with van der Waals surface area (Å²) in [5, 5.41) is 19.8. The molecule has 0 aliphatic carbocycles. The molecule has 0 amide bonds. The lowest BCUT2D eigenvalue weighted by Gasteiger charge is -2.19. The van der Waals surface area contributed by atoms with Gasteiger partial charge in [-0.25, -0.2) is 4.79 Å². The number of carboxylic acids is 1. The average molecular weight is 432 g/mol. The van der Waals surface area contributed by atoms with Gasteiger partial charge in [0.05, 0.1) is 19.8 Å². The second kappa shape index (κ2) is 9.59. The minimum Gasteiger partial charge on any atom is -0.507 e. The summed E-state index contributed by atoms with van der Waals surface area (Å²) in [4.78, 5) is 23.9. The summed E-state index contributed by atoms with van der Waals surface area (Å²) in [5.41, 5.74) is 0.330. The fourth-order valence-electron chi connectivity index (χ4n) is 3.00. The van der Waals surface area contributed by atoms with Crippen molar-refractivity contribution in [3.8, 4) is 28.7 Å². The summed E-state index contributed by atoms with van der Waals surface area (Å²) < 4.78 is 21.6. The number of hydrogen-bond acceptors (Lipinski definition) is 7. The van der Waals surface area contributed by atoms with E-state index in [1.165, 1.54) is 32.4 Å². The number of carboxylic acid groups (broad SMARTS) is 1. The molecule has 0 aliphatic heterocycles. The molecule has 8 heteroatoms. The Morgan fingerprint density at radius 2 is 1.52 bits per heavy atom. The molecule has 0 aromatic heterocycles. The van der Waals surface area contributed by atoms with E-state index >= 15 is 0 Å². The molecule has 0 saturated carbocycles. The topological polar surface area (TPSA) is 112 Å². The minimum absolute atomic E-state index is 0.00172. The molecule has 2 N–H and O–H groups in total. The lowest BCUT2D eigenvalue weighted by Crippen LogP contribution is -2.14. The second-order valence-corrected chi connectivity index (χ2v) is 8.13. The summed E-state index contributed by atoms with van der Waals surface area (Å²) in [6, 6.07) is 5.89. The molecule has 168 valence electrons. The number of methoxy groups -OCH3 is 2. The number of aromatic carboxylic acids is 1. The van der Waals surface area contributed by atoms with Crippen LogP contribution < -0.4 is 18.9 Å². The number of phenols is 1. The molecule has 31 heavy (non-hydrogen) atoms. The molecule has 2 rings (SSSR count). The van der Waals surface area contributed by atoms with Crippen molar-refractivity contribution in [3.05, 3.63) is 41.0 Å². The minimum atomic E-state index is -1.18. The van der Waals surface area contributed by atoms with Crippen molar-refractivity contribution in [1.29, 1.82) is 0 Å². The number of ether oxygens (including phenoxy) is 4. The van der Waals surface area contributed by atoms with Crippen molar-refractivity contribution in [1.82, 2.24) is 0 Å². The van der Waals surface area contributed by atoms with E-state index in [0.29, 0.717) is 17.7 Å². The molecule has 2 aromatic carbocycles. The molecule has 0 atom stereocenters. The van der Waals surface area contributed by atoms with Gasteiger partial charge in [0.2, 0.25) is 12.5 Å². The Kier molecular flexibility index (Phi) is 7.38. The van der Waals surface area contributed by atoms with Gasteiger partial charge in [-0.15, -0.1) is 0 Å². The summed E-state index contributed by atoms with van der Waals surface area (Å²) in [7, 11) is 2.74. The number of hydrogen-bond donors (Lipinski definition) is 2. The fourth-order valence-corrected chi connectivity index (χ4v) is 3.00. The van der Waals surface area contributed by atoms with Crippen LogP contribution >= 0.6 is 0 Å². The van der Waals surface area contributed by atoms with Crippen LogP contribution in [0.2, 0.25) is 0 Å². The number of aromatic hydroxyl groups is 1. The monoisotopic (exact) mass is 432 g/mol. The smallest absolute Gasteiger partial charge is 0.339 e. The number of carbonyl (C=O) groups excluding carboxylic acids is 1. The van der Waals surface area contributed by atoms with E-state index in [4.69, 9.17) is 18.9 Å². The zero-order valence-electron chi connectivity index (χ0n) is 18.6. The van der Waals surface area contributed by atoms with Gasteiger partial charge in [0.25, 0.3) is 0 Å². The van der Waals surface area contributed by atoms with Crippen molar-refractivity contribution >= 4 is 11.8 Å². The van der Waals surface area contributed by atoms with Crippen LogP contribution in [0.4, 0.5) is 0 Å². The molecule has 0 spiro atoms. The third kappa shape index (κ3) is 5.59. The van der Waals surface area contributed by atoms with Crippen molar-refractivity contribution in [3.63, 3.8) is 0 Å². The Hall–Kier alpha value is -3.42. The van der Waals surface area contributed by atoms with E-state index in [1.54, 1.807) is 13.0 Å². The summed E-state index contributed by atoms with van der Waals surface area (Å²) in [6.45, 7) is 7.17. The summed E-state index contributed by atoms with van der Waals surface area (Å²) in [6.07, 6.45) is 0.294. The Morgan fingerprint density at radius 3 is 2.06 bits per heavy atom. The van der Waals surface area contributed by atoms with Gasteiger partial charge >= 0.3 is 5.97 Å². The Labute approximate surface area is 181 Å². The first-order chi connectivity index (χ1) is 14.5. The lowest BCUT2D eigenvalue weighted by molar-refractivity contribution is 0.0688. The fraction of sp³-hybridized carbons (Fsp3) is 0.391. The van der Waals surface area contributed by atoms with Gasteiger partial charge in [-0.2, -0.15) is 0 Å². The molecule has 0 fully saturated rings. The first kappa shape index (κ1) is 23.9. The number of Topliss-reactive ketones (excluding diaryl/α,β-unsaturated/α-hetero) is 1. The molecule has 0 saturated heterocycles. The third-order valence-electron chi connectivity index (χ3n) is 4.52. The van der Waals surface area contributed by atoms with Crippen molar-refractivity contribution < 1.29 is 38.7 Å². The molecular formula is C23H28O8. The molecule has 0 heterocycles. The number of phenolic OH excluding ortho intramolecular Hbond substituents is 1. The Bertz CT molecular complexity index is 973. The molecule has 0 unspecified atom stereocenters. The van der Waals surface area contributed by atoms with Crippen molar-refractivity contribution in [2.45, 2.75) is 34.1 Å². The van der Waals surface area contributed by atoms with E-state index < -0.39 is 5.97 Å². The maximum atomic E-state index is 12.5. The van der Waals surface area contributed by atoms with Crippen LogP contribution in [0.25, 0.3) is 0 Å². The molecule has 0 aliphatic rings. The van der Waals surface area contributed by atoms with E-state index in [9.17, 15) is 19.8 Å². The van der Waals surface area contributed by atoms with Crippen molar-refractivity contribution in [2.24, 2.45) is 5.41 Å². The standard InChI is InChI=1S/C23H28O8/c1-13-17(9-7-14(19(13)25)16(24)11-23(2,3)4)30-12-31-21-18(28-5)10-8-15(22(26)27)20(21)29-6/h7-10,25H,11-12H2,1-6H3,(H,26,27). The molecular weight excluding hydrogens is 404 g/mol. The third-order valence-corrected chi connectivity index (χ3v) is 4.52.